The first-order valence-electron chi connectivity index (χ1n) is 11.8. The zero-order valence-electron chi connectivity index (χ0n) is 19.8. The standard InChI is InChI=1S/C28H29N3O3/c1-18(2)28-29-19(3)14-26(30-28)34-17-20-16-31(12-13-33-20)27(32)15-25-23-10-6-4-8-21(23)22-9-5-7-11-24(22)25/h4-11,14-15,18,20H,12-13,16-17H2,1-3H3. The highest BCUT2D eigenvalue weighted by Crippen LogP contribution is 2.43. The van der Waals surface area contributed by atoms with Crippen molar-refractivity contribution in [2.75, 3.05) is 26.3 Å². The van der Waals surface area contributed by atoms with Gasteiger partial charge in [-0.15, -0.1) is 0 Å². The van der Waals surface area contributed by atoms with Crippen molar-refractivity contribution in [1.82, 2.24) is 14.9 Å². The first-order valence-corrected chi connectivity index (χ1v) is 11.8. The van der Waals surface area contributed by atoms with Crippen molar-refractivity contribution in [2.45, 2.75) is 32.8 Å². The van der Waals surface area contributed by atoms with Crippen LogP contribution in [0.1, 0.15) is 42.4 Å². The molecule has 0 radical (unpaired) electrons. The van der Waals surface area contributed by atoms with Crippen molar-refractivity contribution in [3.05, 3.63) is 83.3 Å². The smallest absolute Gasteiger partial charge is 0.247 e. The molecule has 1 amide bonds. The number of hydrogen-bond acceptors (Lipinski definition) is 5. The molecule has 6 heteroatoms. The molecule has 2 heterocycles. The molecule has 0 bridgehead atoms. The van der Waals surface area contributed by atoms with Gasteiger partial charge in [0.2, 0.25) is 11.8 Å². The molecule has 1 atom stereocenters. The third-order valence-corrected chi connectivity index (χ3v) is 6.22. The lowest BCUT2D eigenvalue weighted by molar-refractivity contribution is -0.134. The fourth-order valence-corrected chi connectivity index (χ4v) is 4.51. The van der Waals surface area contributed by atoms with Crippen molar-refractivity contribution in [3.63, 3.8) is 0 Å². The van der Waals surface area contributed by atoms with Crippen molar-refractivity contribution in [1.29, 1.82) is 0 Å². The number of rotatable bonds is 5. The molecule has 0 N–H and O–H groups in total. The lowest BCUT2D eigenvalue weighted by Gasteiger charge is -2.32. The molecule has 6 nitrogen and oxygen atoms in total. The fourth-order valence-electron chi connectivity index (χ4n) is 4.51. The minimum Gasteiger partial charge on any atom is -0.475 e. The Hall–Kier alpha value is -3.51. The molecule has 0 spiro atoms. The highest BCUT2D eigenvalue weighted by atomic mass is 16.5. The number of aromatic nitrogens is 2. The van der Waals surface area contributed by atoms with E-state index in [1.807, 2.05) is 42.2 Å². The van der Waals surface area contributed by atoms with Gasteiger partial charge in [0.05, 0.1) is 13.2 Å². The molecule has 1 unspecified atom stereocenters. The summed E-state index contributed by atoms with van der Waals surface area (Å²) in [6.07, 6.45) is 1.56. The predicted molar refractivity (Wildman–Crippen MR) is 132 cm³/mol. The molecular formula is C28H29N3O3. The number of hydrogen-bond donors (Lipinski definition) is 0. The average Bonchev–Trinajstić information content (AvgIpc) is 3.16. The Labute approximate surface area is 200 Å². The summed E-state index contributed by atoms with van der Waals surface area (Å²) in [6.45, 7) is 7.91. The van der Waals surface area contributed by atoms with Crippen molar-refractivity contribution >= 4 is 11.5 Å². The summed E-state index contributed by atoms with van der Waals surface area (Å²) >= 11 is 0. The fraction of sp³-hybridized carbons (Fsp3) is 0.321. The summed E-state index contributed by atoms with van der Waals surface area (Å²) in [6, 6.07) is 18.3. The van der Waals surface area contributed by atoms with Gasteiger partial charge >= 0.3 is 0 Å². The molecule has 1 fully saturated rings. The topological polar surface area (TPSA) is 64.5 Å². The molecule has 174 valence electrons. The maximum Gasteiger partial charge on any atom is 0.247 e. The van der Waals surface area contributed by atoms with E-state index in [0.29, 0.717) is 32.2 Å². The van der Waals surface area contributed by atoms with Gasteiger partial charge in [0, 0.05) is 30.3 Å². The third kappa shape index (κ3) is 4.46. The number of carbonyl (C=O) groups is 1. The van der Waals surface area contributed by atoms with E-state index in [0.717, 1.165) is 28.2 Å². The molecule has 1 aliphatic heterocycles. The van der Waals surface area contributed by atoms with Crippen LogP contribution in [0, 0.1) is 6.92 Å². The van der Waals surface area contributed by atoms with Crippen LogP contribution in [0.15, 0.2) is 60.7 Å². The van der Waals surface area contributed by atoms with Crippen LogP contribution in [0.25, 0.3) is 16.7 Å². The van der Waals surface area contributed by atoms with E-state index in [4.69, 9.17) is 9.47 Å². The van der Waals surface area contributed by atoms with Gasteiger partial charge in [-0.3, -0.25) is 4.79 Å². The Kier molecular flexibility index (Phi) is 6.16. The molecule has 1 aliphatic carbocycles. The van der Waals surface area contributed by atoms with E-state index >= 15 is 0 Å². The normalized spacial score (nSPS) is 16.9. The molecule has 2 aliphatic rings. The highest BCUT2D eigenvalue weighted by Gasteiger charge is 2.27. The molecular weight excluding hydrogens is 426 g/mol. The zero-order valence-corrected chi connectivity index (χ0v) is 19.8. The number of morpholine rings is 1. The van der Waals surface area contributed by atoms with Gasteiger partial charge in [-0.1, -0.05) is 62.4 Å². The van der Waals surface area contributed by atoms with Crippen molar-refractivity contribution < 1.29 is 14.3 Å². The summed E-state index contributed by atoms with van der Waals surface area (Å²) in [7, 11) is 0. The van der Waals surface area contributed by atoms with E-state index in [2.05, 4.69) is 48.1 Å². The van der Waals surface area contributed by atoms with Crippen LogP contribution in [-0.4, -0.2) is 53.2 Å². The largest absolute Gasteiger partial charge is 0.475 e. The number of carbonyl (C=O) groups excluding carboxylic acids is 1. The quantitative estimate of drug-likeness (QED) is 0.411. The average molecular weight is 456 g/mol. The Bertz CT molecular complexity index is 1200. The Balaban J connectivity index is 1.29. The molecule has 34 heavy (non-hydrogen) atoms. The molecule has 2 aromatic carbocycles. The predicted octanol–water partition coefficient (Wildman–Crippen LogP) is 4.63. The number of fused-ring (bicyclic) bond motifs is 3. The van der Waals surface area contributed by atoms with Gasteiger partial charge < -0.3 is 14.4 Å². The van der Waals surface area contributed by atoms with Crippen LogP contribution in [0.5, 0.6) is 5.88 Å². The number of amides is 1. The molecule has 0 saturated carbocycles. The van der Waals surface area contributed by atoms with Crippen LogP contribution in [0.4, 0.5) is 0 Å². The second-order valence-corrected chi connectivity index (χ2v) is 9.10. The van der Waals surface area contributed by atoms with E-state index in [1.165, 1.54) is 11.1 Å². The van der Waals surface area contributed by atoms with Crippen molar-refractivity contribution in [3.8, 4) is 17.0 Å². The zero-order chi connectivity index (χ0) is 23.7. The third-order valence-electron chi connectivity index (χ3n) is 6.22. The van der Waals surface area contributed by atoms with Crippen LogP contribution in [-0.2, 0) is 9.53 Å². The lowest BCUT2D eigenvalue weighted by Crippen LogP contribution is -2.47. The summed E-state index contributed by atoms with van der Waals surface area (Å²) in [4.78, 5) is 24.1. The minimum absolute atomic E-state index is 0.00483. The first kappa shape index (κ1) is 22.3. The Morgan fingerprint density at radius 2 is 1.74 bits per heavy atom. The number of nitrogens with zero attached hydrogens (tertiary/aromatic N) is 3. The van der Waals surface area contributed by atoms with Gasteiger partial charge in [0.15, 0.2) is 0 Å². The Morgan fingerprint density at radius 3 is 2.38 bits per heavy atom. The van der Waals surface area contributed by atoms with E-state index < -0.39 is 0 Å². The molecule has 5 rings (SSSR count). The summed E-state index contributed by atoms with van der Waals surface area (Å²) in [5, 5.41) is 0. The SMILES string of the molecule is Cc1cc(OCC2CN(C(=O)C=C3c4ccccc4-c4ccccc43)CCO2)nc(C(C)C)n1. The second kappa shape index (κ2) is 9.39. The van der Waals surface area contributed by atoms with E-state index in [9.17, 15) is 4.79 Å². The van der Waals surface area contributed by atoms with Gasteiger partial charge in [-0.05, 0) is 34.8 Å². The van der Waals surface area contributed by atoms with Crippen LogP contribution >= 0.6 is 0 Å². The number of aryl methyl sites for hydroxylation is 1. The summed E-state index contributed by atoms with van der Waals surface area (Å²) in [5.74, 6) is 1.53. The van der Waals surface area contributed by atoms with Crippen LogP contribution < -0.4 is 4.74 Å². The number of ether oxygens (including phenoxy) is 2. The second-order valence-electron chi connectivity index (χ2n) is 9.10. The highest BCUT2D eigenvalue weighted by molar-refractivity contribution is 6.08. The number of benzene rings is 2. The van der Waals surface area contributed by atoms with Gasteiger partial charge in [0.1, 0.15) is 18.5 Å². The van der Waals surface area contributed by atoms with Crippen LogP contribution in [0.3, 0.4) is 0 Å². The van der Waals surface area contributed by atoms with Gasteiger partial charge in [-0.2, -0.15) is 4.98 Å². The molecule has 1 saturated heterocycles. The first-order chi connectivity index (χ1) is 16.5. The van der Waals surface area contributed by atoms with Crippen molar-refractivity contribution in [2.24, 2.45) is 0 Å². The molecule has 1 aromatic heterocycles. The van der Waals surface area contributed by atoms with Gasteiger partial charge in [-0.25, -0.2) is 4.98 Å². The monoisotopic (exact) mass is 455 g/mol. The minimum atomic E-state index is -0.211. The summed E-state index contributed by atoms with van der Waals surface area (Å²) in [5.41, 5.74) is 6.40. The van der Waals surface area contributed by atoms with E-state index in [-0.39, 0.29) is 17.9 Å². The van der Waals surface area contributed by atoms with Gasteiger partial charge in [0.25, 0.3) is 0 Å². The Morgan fingerprint density at radius 1 is 1.09 bits per heavy atom. The summed E-state index contributed by atoms with van der Waals surface area (Å²) < 4.78 is 11.8. The lowest BCUT2D eigenvalue weighted by atomic mass is 10.0. The van der Waals surface area contributed by atoms with Crippen LogP contribution in [0.2, 0.25) is 0 Å². The maximum atomic E-state index is 13.3. The maximum absolute atomic E-state index is 13.3. The van der Waals surface area contributed by atoms with E-state index in [1.54, 1.807) is 6.08 Å². The molecule has 3 aromatic rings.